The minimum atomic E-state index is -0.109. The lowest BCUT2D eigenvalue weighted by molar-refractivity contribution is 0.718. The highest BCUT2D eigenvalue weighted by molar-refractivity contribution is 6.30. The van der Waals surface area contributed by atoms with Crippen LogP contribution in [0.25, 0.3) is 0 Å². The molecule has 0 saturated heterocycles. The maximum absolute atomic E-state index is 11.9. The first-order valence-corrected chi connectivity index (χ1v) is 6.12. The van der Waals surface area contributed by atoms with Gasteiger partial charge in [-0.05, 0) is 24.6 Å². The maximum Gasteiger partial charge on any atom is 0.293 e. The van der Waals surface area contributed by atoms with Crippen molar-refractivity contribution in [2.45, 2.75) is 20.0 Å². The molecule has 0 fully saturated rings. The molecular weight excluding hydrogens is 250 g/mol. The van der Waals surface area contributed by atoms with Crippen LogP contribution in [-0.2, 0) is 13.1 Å². The Labute approximate surface area is 110 Å². The number of aryl methyl sites for hydroxylation is 1. The zero-order chi connectivity index (χ0) is 13.0. The van der Waals surface area contributed by atoms with E-state index in [1.807, 2.05) is 31.2 Å². The van der Waals surface area contributed by atoms with Crippen LogP contribution in [0.3, 0.4) is 0 Å². The van der Waals surface area contributed by atoms with Gasteiger partial charge in [-0.1, -0.05) is 23.7 Å². The molecule has 18 heavy (non-hydrogen) atoms. The van der Waals surface area contributed by atoms with E-state index in [1.165, 1.54) is 0 Å². The van der Waals surface area contributed by atoms with Gasteiger partial charge in [0.25, 0.3) is 5.56 Å². The molecule has 0 aliphatic heterocycles. The summed E-state index contributed by atoms with van der Waals surface area (Å²) in [5, 5.41) is 3.71. The van der Waals surface area contributed by atoms with Crippen molar-refractivity contribution in [3.8, 4) is 0 Å². The molecule has 0 unspecified atom stereocenters. The summed E-state index contributed by atoms with van der Waals surface area (Å²) in [7, 11) is 0. The number of anilines is 1. The lowest BCUT2D eigenvalue weighted by Gasteiger charge is -2.07. The lowest BCUT2D eigenvalue weighted by atomic mass is 10.2. The van der Waals surface area contributed by atoms with E-state index in [2.05, 4.69) is 10.3 Å². The number of nitrogens with zero attached hydrogens (tertiary/aromatic N) is 2. The van der Waals surface area contributed by atoms with Gasteiger partial charge in [-0.3, -0.25) is 4.79 Å². The first-order chi connectivity index (χ1) is 8.70. The zero-order valence-corrected chi connectivity index (χ0v) is 10.8. The van der Waals surface area contributed by atoms with Crippen molar-refractivity contribution >= 4 is 17.4 Å². The second-order valence-corrected chi connectivity index (χ2v) is 4.29. The SMILES string of the molecule is CCn1ccnc(NCc2cccc(Cl)c2)c1=O. The van der Waals surface area contributed by atoms with Crippen LogP contribution in [0.2, 0.25) is 5.02 Å². The molecule has 1 heterocycles. The Morgan fingerprint density at radius 2 is 2.28 bits per heavy atom. The molecule has 2 aromatic rings. The minimum absolute atomic E-state index is 0.109. The van der Waals surface area contributed by atoms with Gasteiger partial charge in [0.1, 0.15) is 0 Å². The Bertz CT molecular complexity index is 595. The summed E-state index contributed by atoms with van der Waals surface area (Å²) in [4.78, 5) is 15.9. The fourth-order valence-corrected chi connectivity index (χ4v) is 1.86. The van der Waals surface area contributed by atoms with Crippen LogP contribution in [0.1, 0.15) is 12.5 Å². The van der Waals surface area contributed by atoms with E-state index in [4.69, 9.17) is 11.6 Å². The predicted molar refractivity (Wildman–Crippen MR) is 72.9 cm³/mol. The van der Waals surface area contributed by atoms with Crippen molar-refractivity contribution in [3.05, 3.63) is 57.6 Å². The number of nitrogens with one attached hydrogen (secondary N) is 1. The molecule has 0 atom stereocenters. The molecule has 5 heteroatoms. The van der Waals surface area contributed by atoms with Gasteiger partial charge in [-0.25, -0.2) is 4.98 Å². The molecule has 0 aliphatic carbocycles. The summed E-state index contributed by atoms with van der Waals surface area (Å²) in [5.74, 6) is 0.360. The average molecular weight is 264 g/mol. The Balaban J connectivity index is 2.13. The maximum atomic E-state index is 11.9. The summed E-state index contributed by atoms with van der Waals surface area (Å²) >= 11 is 5.90. The Kier molecular flexibility index (Phi) is 3.99. The Hall–Kier alpha value is -1.81. The van der Waals surface area contributed by atoms with E-state index in [0.717, 1.165) is 5.56 Å². The molecule has 1 N–H and O–H groups in total. The van der Waals surface area contributed by atoms with E-state index < -0.39 is 0 Å². The fraction of sp³-hybridized carbons (Fsp3) is 0.231. The van der Waals surface area contributed by atoms with Crippen LogP contribution in [0, 0.1) is 0 Å². The van der Waals surface area contributed by atoms with Crippen molar-refractivity contribution < 1.29 is 0 Å². The van der Waals surface area contributed by atoms with Crippen LogP contribution in [0.4, 0.5) is 5.82 Å². The van der Waals surface area contributed by atoms with Crippen LogP contribution in [0.5, 0.6) is 0 Å². The molecular formula is C13H14ClN3O. The molecule has 1 aromatic heterocycles. The van der Waals surface area contributed by atoms with Crippen LogP contribution in [0.15, 0.2) is 41.5 Å². The van der Waals surface area contributed by atoms with Crippen molar-refractivity contribution in [2.24, 2.45) is 0 Å². The molecule has 4 nitrogen and oxygen atoms in total. The first kappa shape index (κ1) is 12.6. The summed E-state index contributed by atoms with van der Waals surface area (Å²) in [6.45, 7) is 3.08. The van der Waals surface area contributed by atoms with Crippen molar-refractivity contribution in [1.29, 1.82) is 0 Å². The van der Waals surface area contributed by atoms with Gasteiger partial charge in [-0.15, -0.1) is 0 Å². The second kappa shape index (κ2) is 5.69. The van der Waals surface area contributed by atoms with Crippen molar-refractivity contribution in [3.63, 3.8) is 0 Å². The van der Waals surface area contributed by atoms with E-state index in [9.17, 15) is 4.79 Å². The highest BCUT2D eigenvalue weighted by Gasteiger charge is 2.03. The summed E-state index contributed by atoms with van der Waals surface area (Å²) in [5.41, 5.74) is 0.901. The van der Waals surface area contributed by atoms with Gasteiger partial charge in [0, 0.05) is 30.5 Å². The summed E-state index contributed by atoms with van der Waals surface area (Å²) in [6.07, 6.45) is 3.29. The molecule has 1 aromatic carbocycles. The van der Waals surface area contributed by atoms with Crippen molar-refractivity contribution in [2.75, 3.05) is 5.32 Å². The smallest absolute Gasteiger partial charge is 0.293 e. The number of rotatable bonds is 4. The third kappa shape index (κ3) is 2.90. The van der Waals surface area contributed by atoms with Gasteiger partial charge in [-0.2, -0.15) is 0 Å². The first-order valence-electron chi connectivity index (χ1n) is 5.74. The molecule has 94 valence electrons. The fourth-order valence-electron chi connectivity index (χ4n) is 1.65. The van der Waals surface area contributed by atoms with E-state index in [1.54, 1.807) is 17.0 Å². The number of benzene rings is 1. The quantitative estimate of drug-likeness (QED) is 0.922. The molecule has 0 amide bonds. The van der Waals surface area contributed by atoms with Gasteiger partial charge < -0.3 is 9.88 Å². The number of halogens is 1. The third-order valence-electron chi connectivity index (χ3n) is 2.60. The number of hydrogen-bond acceptors (Lipinski definition) is 3. The van der Waals surface area contributed by atoms with Crippen LogP contribution >= 0.6 is 11.6 Å². The molecule has 0 aliphatic rings. The lowest BCUT2D eigenvalue weighted by Crippen LogP contribution is -2.23. The Morgan fingerprint density at radius 1 is 1.44 bits per heavy atom. The highest BCUT2D eigenvalue weighted by Crippen LogP contribution is 2.11. The standard InChI is InChI=1S/C13H14ClN3O/c1-2-17-7-6-15-12(13(17)18)16-9-10-4-3-5-11(14)8-10/h3-8H,2,9H2,1H3,(H,15,16). The zero-order valence-electron chi connectivity index (χ0n) is 10.1. The van der Waals surface area contributed by atoms with Gasteiger partial charge in [0.05, 0.1) is 0 Å². The Morgan fingerprint density at radius 3 is 3.00 bits per heavy atom. The normalized spacial score (nSPS) is 10.3. The van der Waals surface area contributed by atoms with Crippen LogP contribution in [-0.4, -0.2) is 9.55 Å². The van der Waals surface area contributed by atoms with Crippen molar-refractivity contribution in [1.82, 2.24) is 9.55 Å². The van der Waals surface area contributed by atoms with E-state index >= 15 is 0 Å². The van der Waals surface area contributed by atoms with Crippen LogP contribution < -0.4 is 10.9 Å². The highest BCUT2D eigenvalue weighted by atomic mass is 35.5. The second-order valence-electron chi connectivity index (χ2n) is 3.85. The molecule has 2 rings (SSSR count). The minimum Gasteiger partial charge on any atom is -0.361 e. The molecule has 0 saturated carbocycles. The average Bonchev–Trinajstić information content (AvgIpc) is 2.38. The van der Waals surface area contributed by atoms with Gasteiger partial charge in [0.15, 0.2) is 5.82 Å². The largest absolute Gasteiger partial charge is 0.361 e. The van der Waals surface area contributed by atoms with E-state index in [0.29, 0.717) is 23.9 Å². The van der Waals surface area contributed by atoms with Gasteiger partial charge >= 0.3 is 0 Å². The predicted octanol–water partition coefficient (Wildman–Crippen LogP) is 2.53. The van der Waals surface area contributed by atoms with Gasteiger partial charge in [0.2, 0.25) is 0 Å². The summed E-state index contributed by atoms with van der Waals surface area (Å²) in [6, 6.07) is 7.49. The number of aromatic nitrogens is 2. The summed E-state index contributed by atoms with van der Waals surface area (Å²) < 4.78 is 1.60. The molecule has 0 bridgehead atoms. The molecule has 0 radical (unpaired) electrons. The third-order valence-corrected chi connectivity index (χ3v) is 2.84. The monoisotopic (exact) mass is 263 g/mol. The topological polar surface area (TPSA) is 46.9 Å². The number of hydrogen-bond donors (Lipinski definition) is 1. The van der Waals surface area contributed by atoms with E-state index in [-0.39, 0.29) is 5.56 Å². The molecule has 0 spiro atoms.